The Morgan fingerprint density at radius 3 is 2.12 bits per heavy atom. The van der Waals surface area contributed by atoms with Gasteiger partial charge in [-0.05, 0) is 62.8 Å². The van der Waals surface area contributed by atoms with Crippen molar-refractivity contribution in [2.24, 2.45) is 11.8 Å². The van der Waals surface area contributed by atoms with Crippen LogP contribution in [0.15, 0.2) is 29.5 Å². The number of halogens is 1. The quantitative estimate of drug-likeness (QED) is 0.244. The molecule has 2 amide bonds. The second-order valence-corrected chi connectivity index (χ2v) is 11.3. The third-order valence-electron chi connectivity index (χ3n) is 8.18. The molecule has 4 aliphatic rings. The Morgan fingerprint density at radius 2 is 1.48 bits per heavy atom. The number of rotatable bonds is 13. The van der Waals surface area contributed by atoms with Gasteiger partial charge in [0.1, 0.15) is 5.88 Å². The largest absolute Gasteiger partial charge is 0.388 e. The summed E-state index contributed by atoms with van der Waals surface area (Å²) in [5, 5.41) is 9.40. The second kappa shape index (κ2) is 14.6. The highest BCUT2D eigenvalue weighted by molar-refractivity contribution is 6.27. The van der Waals surface area contributed by atoms with Gasteiger partial charge in [-0.15, -0.1) is 11.6 Å². The average molecular weight is 576 g/mol. The van der Waals surface area contributed by atoms with E-state index in [2.05, 4.69) is 34.1 Å². The molecule has 0 aromatic heterocycles. The minimum Gasteiger partial charge on any atom is -0.388 e. The van der Waals surface area contributed by atoms with Gasteiger partial charge in [0, 0.05) is 42.4 Å². The van der Waals surface area contributed by atoms with Crippen molar-refractivity contribution < 1.29 is 28.5 Å². The van der Waals surface area contributed by atoms with E-state index >= 15 is 0 Å². The van der Waals surface area contributed by atoms with Crippen molar-refractivity contribution in [3.63, 3.8) is 0 Å². The van der Waals surface area contributed by atoms with Crippen molar-refractivity contribution in [3.05, 3.63) is 46.2 Å². The van der Waals surface area contributed by atoms with Crippen molar-refractivity contribution in [2.75, 3.05) is 51.9 Å². The summed E-state index contributed by atoms with van der Waals surface area (Å²) in [5.74, 6) is 0.458. The number of hydrogen-bond donors (Lipinski definition) is 3. The molecule has 40 heavy (non-hydrogen) atoms. The van der Waals surface area contributed by atoms with E-state index in [1.165, 1.54) is 24.1 Å². The summed E-state index contributed by atoms with van der Waals surface area (Å²) in [6.07, 6.45) is 7.49. The number of amides is 2. The van der Waals surface area contributed by atoms with Crippen molar-refractivity contribution in [1.29, 1.82) is 0 Å². The first-order valence-corrected chi connectivity index (χ1v) is 15.3. The number of alkyl halides is 1. The van der Waals surface area contributed by atoms with Crippen molar-refractivity contribution in [3.8, 4) is 0 Å². The maximum atomic E-state index is 12.5. The monoisotopic (exact) mass is 575 g/mol. The minimum atomic E-state index is -0.365. The SMILES string of the molecule is O=C(CCl)NCCNC(=O)C1CCC(CNC(CCc2ccc(C3OCCO3)c(C3OCCO3)c2)=C2CC2)CC1. The van der Waals surface area contributed by atoms with Crippen LogP contribution < -0.4 is 16.0 Å². The lowest BCUT2D eigenvalue weighted by atomic mass is 9.81. The van der Waals surface area contributed by atoms with Gasteiger partial charge in [0.05, 0.1) is 26.4 Å². The molecule has 2 saturated carbocycles. The van der Waals surface area contributed by atoms with Gasteiger partial charge >= 0.3 is 0 Å². The van der Waals surface area contributed by atoms with Gasteiger partial charge in [-0.3, -0.25) is 9.59 Å². The summed E-state index contributed by atoms with van der Waals surface area (Å²) in [4.78, 5) is 23.7. The van der Waals surface area contributed by atoms with Gasteiger partial charge in [0.2, 0.25) is 11.8 Å². The van der Waals surface area contributed by atoms with E-state index < -0.39 is 0 Å². The first kappa shape index (κ1) is 29.3. The lowest BCUT2D eigenvalue weighted by Gasteiger charge is -2.28. The van der Waals surface area contributed by atoms with E-state index in [1.807, 2.05) is 0 Å². The summed E-state index contributed by atoms with van der Waals surface area (Å²) < 4.78 is 23.2. The molecular formula is C30H42ClN3O6. The lowest BCUT2D eigenvalue weighted by molar-refractivity contribution is -0.126. The maximum Gasteiger partial charge on any atom is 0.234 e. The van der Waals surface area contributed by atoms with Crippen LogP contribution >= 0.6 is 11.6 Å². The van der Waals surface area contributed by atoms with Gasteiger partial charge in [0.15, 0.2) is 12.6 Å². The molecule has 0 unspecified atom stereocenters. The van der Waals surface area contributed by atoms with E-state index in [1.54, 1.807) is 5.57 Å². The predicted molar refractivity (Wildman–Crippen MR) is 151 cm³/mol. The molecular weight excluding hydrogens is 534 g/mol. The highest BCUT2D eigenvalue weighted by Gasteiger charge is 2.29. The molecule has 0 spiro atoms. The number of aryl methyl sites for hydroxylation is 1. The molecule has 0 bridgehead atoms. The Balaban J connectivity index is 1.07. The molecule has 5 rings (SSSR count). The number of ether oxygens (including phenoxy) is 4. The number of carbonyl (C=O) groups excluding carboxylic acids is 2. The topological polar surface area (TPSA) is 107 Å². The predicted octanol–water partition coefficient (Wildman–Crippen LogP) is 3.63. The Bertz CT molecular complexity index is 1040. The van der Waals surface area contributed by atoms with E-state index in [-0.39, 0.29) is 36.2 Å². The normalized spacial score (nSPS) is 23.3. The highest BCUT2D eigenvalue weighted by Crippen LogP contribution is 2.36. The Hall–Kier alpha value is -2.17. The van der Waals surface area contributed by atoms with E-state index in [0.717, 1.165) is 56.2 Å². The number of carbonyl (C=O) groups is 2. The van der Waals surface area contributed by atoms with Gasteiger partial charge < -0.3 is 34.9 Å². The van der Waals surface area contributed by atoms with Crippen molar-refractivity contribution >= 4 is 23.4 Å². The molecule has 1 aromatic rings. The molecule has 0 radical (unpaired) electrons. The zero-order chi connectivity index (χ0) is 27.7. The zero-order valence-corrected chi connectivity index (χ0v) is 23.9. The smallest absolute Gasteiger partial charge is 0.234 e. The third kappa shape index (κ3) is 8.19. The molecule has 10 heteroatoms. The summed E-state index contributed by atoms with van der Waals surface area (Å²) in [7, 11) is 0. The molecule has 2 aliphatic carbocycles. The van der Waals surface area contributed by atoms with Crippen LogP contribution in [0, 0.1) is 11.8 Å². The molecule has 2 aliphatic heterocycles. The van der Waals surface area contributed by atoms with Crippen LogP contribution in [0.2, 0.25) is 0 Å². The van der Waals surface area contributed by atoms with Crippen molar-refractivity contribution in [2.45, 2.75) is 63.9 Å². The van der Waals surface area contributed by atoms with Crippen LogP contribution in [0.1, 0.15) is 74.2 Å². The van der Waals surface area contributed by atoms with Crippen LogP contribution in [0.5, 0.6) is 0 Å². The standard InChI is InChI=1S/C30H42ClN3O6/c31-18-27(35)32-11-12-33-28(36)23-5-1-21(2-6-23)19-34-26(22-7-8-22)10-4-20-3-9-24(29-37-13-14-38-29)25(17-20)30-39-15-16-40-30/h3,9,17,21,23,29-30,34H,1-2,4-8,10-16,18-19H2,(H,32,35)(H,33,36). The van der Waals surface area contributed by atoms with Crippen LogP contribution in [0.3, 0.4) is 0 Å². The molecule has 220 valence electrons. The molecule has 1 aromatic carbocycles. The van der Waals surface area contributed by atoms with Gasteiger partial charge in [-0.2, -0.15) is 0 Å². The summed E-state index contributed by atoms with van der Waals surface area (Å²) in [6.45, 7) is 4.21. The van der Waals surface area contributed by atoms with Crippen LogP contribution in [-0.4, -0.2) is 63.8 Å². The Labute approximate surface area is 241 Å². The van der Waals surface area contributed by atoms with E-state index in [4.69, 9.17) is 30.5 Å². The highest BCUT2D eigenvalue weighted by atomic mass is 35.5. The van der Waals surface area contributed by atoms with Gasteiger partial charge in [0.25, 0.3) is 0 Å². The van der Waals surface area contributed by atoms with Gasteiger partial charge in [-0.25, -0.2) is 0 Å². The molecule has 3 N–H and O–H groups in total. The van der Waals surface area contributed by atoms with Gasteiger partial charge in [-0.1, -0.05) is 23.8 Å². The fourth-order valence-corrected chi connectivity index (χ4v) is 5.87. The molecule has 0 atom stereocenters. The summed E-state index contributed by atoms with van der Waals surface area (Å²) in [6, 6.07) is 6.48. The Morgan fingerprint density at radius 1 is 0.825 bits per heavy atom. The molecule has 2 saturated heterocycles. The zero-order valence-electron chi connectivity index (χ0n) is 23.2. The number of allylic oxidation sites excluding steroid dienone is 2. The van der Waals surface area contributed by atoms with Crippen molar-refractivity contribution in [1.82, 2.24) is 16.0 Å². The first-order valence-electron chi connectivity index (χ1n) is 14.7. The number of nitrogens with one attached hydrogen (secondary N) is 3. The first-order chi connectivity index (χ1) is 19.6. The summed E-state index contributed by atoms with van der Waals surface area (Å²) in [5.41, 5.74) is 6.19. The fourth-order valence-electron chi connectivity index (χ4n) is 5.77. The van der Waals surface area contributed by atoms with E-state index in [9.17, 15) is 9.59 Å². The number of hydrogen-bond acceptors (Lipinski definition) is 7. The van der Waals surface area contributed by atoms with Crippen LogP contribution in [-0.2, 0) is 35.0 Å². The Kier molecular flexibility index (Phi) is 10.7. The third-order valence-corrected chi connectivity index (χ3v) is 8.43. The lowest BCUT2D eigenvalue weighted by Crippen LogP contribution is -2.39. The molecule has 9 nitrogen and oxygen atoms in total. The maximum absolute atomic E-state index is 12.5. The van der Waals surface area contributed by atoms with Crippen LogP contribution in [0.25, 0.3) is 0 Å². The average Bonchev–Trinajstić information content (AvgIpc) is 3.42. The minimum absolute atomic E-state index is 0.0598. The number of benzene rings is 1. The second-order valence-electron chi connectivity index (χ2n) is 11.1. The van der Waals surface area contributed by atoms with Crippen LogP contribution in [0.4, 0.5) is 0 Å². The van der Waals surface area contributed by atoms with E-state index in [0.29, 0.717) is 45.4 Å². The molecule has 2 heterocycles. The fraction of sp³-hybridized carbons (Fsp3) is 0.667. The summed E-state index contributed by atoms with van der Waals surface area (Å²) >= 11 is 5.47. The molecule has 4 fully saturated rings.